The van der Waals surface area contributed by atoms with Crippen molar-refractivity contribution in [3.63, 3.8) is 0 Å². The van der Waals surface area contributed by atoms with Crippen LogP contribution < -0.4 is 15.0 Å². The summed E-state index contributed by atoms with van der Waals surface area (Å²) in [4.78, 5) is 28.1. The van der Waals surface area contributed by atoms with Crippen LogP contribution in [0.3, 0.4) is 0 Å². The number of aryl methyl sites for hydroxylation is 2. The van der Waals surface area contributed by atoms with Gasteiger partial charge in [0.25, 0.3) is 11.8 Å². The van der Waals surface area contributed by atoms with Gasteiger partial charge < -0.3 is 10.1 Å². The lowest BCUT2D eigenvalue weighted by atomic mass is 9.99. The molecule has 5 nitrogen and oxygen atoms in total. The van der Waals surface area contributed by atoms with Gasteiger partial charge in [-0.1, -0.05) is 36.4 Å². The predicted octanol–water partition coefficient (Wildman–Crippen LogP) is 5.49. The third kappa shape index (κ3) is 4.14. The van der Waals surface area contributed by atoms with E-state index in [1.165, 1.54) is 4.90 Å². The zero-order chi connectivity index (χ0) is 22.8. The molecule has 32 heavy (non-hydrogen) atoms. The molecule has 0 spiro atoms. The van der Waals surface area contributed by atoms with Crippen molar-refractivity contribution in [3.05, 3.63) is 95.2 Å². The molecule has 1 N–H and O–H groups in total. The van der Waals surface area contributed by atoms with Crippen LogP contribution in [0, 0.1) is 13.8 Å². The summed E-state index contributed by atoms with van der Waals surface area (Å²) in [7, 11) is 0. The molecule has 1 aliphatic rings. The maximum absolute atomic E-state index is 13.5. The number of amides is 2. The van der Waals surface area contributed by atoms with E-state index in [2.05, 4.69) is 5.32 Å². The minimum atomic E-state index is -0.378. The third-order valence-corrected chi connectivity index (χ3v) is 5.39. The van der Waals surface area contributed by atoms with Crippen LogP contribution in [-0.2, 0) is 9.59 Å². The van der Waals surface area contributed by atoms with E-state index >= 15 is 0 Å². The quantitative estimate of drug-likeness (QED) is 0.530. The Hall–Kier alpha value is -3.86. The molecule has 0 saturated carbocycles. The van der Waals surface area contributed by atoms with Crippen molar-refractivity contribution in [1.82, 2.24) is 0 Å². The molecular weight excluding hydrogens is 400 g/mol. The van der Waals surface area contributed by atoms with Crippen molar-refractivity contribution in [3.8, 4) is 5.75 Å². The number of para-hydroxylation sites is 1. The van der Waals surface area contributed by atoms with Gasteiger partial charge in [-0.05, 0) is 80.8 Å². The van der Waals surface area contributed by atoms with Crippen molar-refractivity contribution >= 4 is 28.8 Å². The first-order valence-electron chi connectivity index (χ1n) is 10.6. The van der Waals surface area contributed by atoms with E-state index in [1.807, 2.05) is 88.4 Å². The highest BCUT2D eigenvalue weighted by atomic mass is 16.5. The number of nitrogens with one attached hydrogen (secondary N) is 1. The number of benzene rings is 3. The van der Waals surface area contributed by atoms with Gasteiger partial charge in [0.2, 0.25) is 0 Å². The molecule has 2 amide bonds. The number of ether oxygens (including phenoxy) is 1. The van der Waals surface area contributed by atoms with E-state index in [4.69, 9.17) is 4.74 Å². The lowest BCUT2D eigenvalue weighted by Gasteiger charge is -2.15. The van der Waals surface area contributed by atoms with Crippen LogP contribution in [0.2, 0.25) is 0 Å². The maximum Gasteiger partial charge on any atom is 0.282 e. The molecule has 162 valence electrons. The van der Waals surface area contributed by atoms with Gasteiger partial charge in [-0.2, -0.15) is 0 Å². The van der Waals surface area contributed by atoms with Gasteiger partial charge in [0.1, 0.15) is 11.4 Å². The molecule has 0 unspecified atom stereocenters. The minimum absolute atomic E-state index is 0.0707. The van der Waals surface area contributed by atoms with Crippen LogP contribution in [0.4, 0.5) is 11.4 Å². The van der Waals surface area contributed by atoms with Crippen molar-refractivity contribution in [1.29, 1.82) is 0 Å². The molecule has 4 rings (SSSR count). The van der Waals surface area contributed by atoms with Crippen molar-refractivity contribution in [2.24, 2.45) is 0 Å². The van der Waals surface area contributed by atoms with Crippen LogP contribution in [0.25, 0.3) is 5.57 Å². The number of hydrogen-bond acceptors (Lipinski definition) is 4. The van der Waals surface area contributed by atoms with E-state index in [0.717, 1.165) is 16.9 Å². The first kappa shape index (κ1) is 21.4. The maximum atomic E-state index is 13.5. The number of nitrogens with zero attached hydrogens (tertiary/aromatic N) is 1. The fourth-order valence-corrected chi connectivity index (χ4v) is 3.66. The lowest BCUT2D eigenvalue weighted by Crippen LogP contribution is -2.32. The van der Waals surface area contributed by atoms with E-state index in [1.54, 1.807) is 12.1 Å². The summed E-state index contributed by atoms with van der Waals surface area (Å²) >= 11 is 0. The normalized spacial score (nSPS) is 13.8. The summed E-state index contributed by atoms with van der Waals surface area (Å²) in [5, 5.41) is 3.20. The molecule has 3 aromatic rings. The Kier molecular flexibility index (Phi) is 5.82. The lowest BCUT2D eigenvalue weighted by molar-refractivity contribution is -0.120. The number of hydrogen-bond donors (Lipinski definition) is 1. The fourth-order valence-electron chi connectivity index (χ4n) is 3.66. The number of carbonyl (C=O) groups is 2. The molecule has 0 radical (unpaired) electrons. The zero-order valence-corrected chi connectivity index (χ0v) is 18.7. The van der Waals surface area contributed by atoms with Gasteiger partial charge >= 0.3 is 0 Å². The summed E-state index contributed by atoms with van der Waals surface area (Å²) in [6.07, 6.45) is 0.0707. The largest absolute Gasteiger partial charge is 0.491 e. The Labute approximate surface area is 188 Å². The number of anilines is 2. The summed E-state index contributed by atoms with van der Waals surface area (Å²) < 4.78 is 5.70. The Bertz CT molecular complexity index is 1200. The van der Waals surface area contributed by atoms with E-state index < -0.39 is 0 Å². The van der Waals surface area contributed by atoms with Crippen molar-refractivity contribution in [2.45, 2.75) is 33.8 Å². The van der Waals surface area contributed by atoms with Crippen LogP contribution in [0.15, 0.2) is 78.5 Å². The van der Waals surface area contributed by atoms with Crippen LogP contribution >= 0.6 is 0 Å². The first-order chi connectivity index (χ1) is 15.3. The minimum Gasteiger partial charge on any atom is -0.491 e. The Morgan fingerprint density at radius 2 is 1.50 bits per heavy atom. The van der Waals surface area contributed by atoms with Crippen LogP contribution in [-0.4, -0.2) is 17.9 Å². The van der Waals surface area contributed by atoms with E-state index in [9.17, 15) is 9.59 Å². The van der Waals surface area contributed by atoms with Gasteiger partial charge in [-0.15, -0.1) is 0 Å². The molecule has 0 aromatic heterocycles. The average Bonchev–Trinajstić information content (AvgIpc) is 3.01. The average molecular weight is 427 g/mol. The highest BCUT2D eigenvalue weighted by Crippen LogP contribution is 2.34. The van der Waals surface area contributed by atoms with Gasteiger partial charge in [0.05, 0.1) is 17.4 Å². The number of imide groups is 1. The molecule has 1 heterocycles. The Morgan fingerprint density at radius 3 is 2.12 bits per heavy atom. The Morgan fingerprint density at radius 1 is 0.812 bits per heavy atom. The predicted molar refractivity (Wildman–Crippen MR) is 128 cm³/mol. The smallest absolute Gasteiger partial charge is 0.282 e. The SMILES string of the molecule is Cc1ccc(C2=C(Nc3ccc(OC(C)C)cc3)C(=O)N(c3ccccc3)C2=O)cc1C. The molecule has 0 aliphatic carbocycles. The third-order valence-electron chi connectivity index (χ3n) is 5.39. The van der Waals surface area contributed by atoms with Crippen molar-refractivity contribution in [2.75, 3.05) is 10.2 Å². The standard InChI is InChI=1S/C27H26N2O3/c1-17(2)32-23-14-12-21(13-15-23)28-25-24(20-11-10-18(3)19(4)16-20)26(30)29(27(25)31)22-8-6-5-7-9-22/h5-17,28H,1-4H3. The first-order valence-corrected chi connectivity index (χ1v) is 10.6. The molecule has 0 saturated heterocycles. The van der Waals surface area contributed by atoms with Gasteiger partial charge in [0, 0.05) is 5.69 Å². The number of rotatable bonds is 6. The second kappa shape index (κ2) is 8.71. The van der Waals surface area contributed by atoms with E-state index in [-0.39, 0.29) is 23.6 Å². The second-order valence-electron chi connectivity index (χ2n) is 8.15. The van der Waals surface area contributed by atoms with Gasteiger partial charge in [-0.3, -0.25) is 9.59 Å². The zero-order valence-electron chi connectivity index (χ0n) is 18.7. The second-order valence-corrected chi connectivity index (χ2v) is 8.15. The molecule has 0 fully saturated rings. The molecule has 1 aliphatic heterocycles. The summed E-state index contributed by atoms with van der Waals surface area (Å²) in [5.74, 6) is 0.0253. The summed E-state index contributed by atoms with van der Waals surface area (Å²) in [5.41, 5.74) is 4.77. The molecule has 3 aromatic carbocycles. The molecule has 0 bridgehead atoms. The monoisotopic (exact) mass is 426 g/mol. The highest BCUT2D eigenvalue weighted by molar-refractivity contribution is 6.46. The van der Waals surface area contributed by atoms with Gasteiger partial charge in [0.15, 0.2) is 0 Å². The van der Waals surface area contributed by atoms with Crippen molar-refractivity contribution < 1.29 is 14.3 Å². The highest BCUT2D eigenvalue weighted by Gasteiger charge is 2.40. The topological polar surface area (TPSA) is 58.6 Å². The van der Waals surface area contributed by atoms with E-state index in [0.29, 0.717) is 22.5 Å². The summed E-state index contributed by atoms with van der Waals surface area (Å²) in [6.45, 7) is 7.95. The molecule has 0 atom stereocenters. The fraction of sp³-hybridized carbons (Fsp3) is 0.185. The molecule has 5 heteroatoms. The molecular formula is C27H26N2O3. The summed E-state index contributed by atoms with van der Waals surface area (Å²) in [6, 6.07) is 22.2. The van der Waals surface area contributed by atoms with Crippen LogP contribution in [0.5, 0.6) is 5.75 Å². The number of carbonyl (C=O) groups excluding carboxylic acids is 2. The van der Waals surface area contributed by atoms with Crippen LogP contribution in [0.1, 0.15) is 30.5 Å². The van der Waals surface area contributed by atoms with Gasteiger partial charge in [-0.25, -0.2) is 4.90 Å². The Balaban J connectivity index is 1.76.